The molecule has 0 amide bonds. The fourth-order valence-electron chi connectivity index (χ4n) is 0.216. The van der Waals surface area contributed by atoms with Gasteiger partial charge in [-0.3, -0.25) is 0 Å². The summed E-state index contributed by atoms with van der Waals surface area (Å²) in [6.45, 7) is 2.65. The Morgan fingerprint density at radius 3 is 2.27 bits per heavy atom. The van der Waals surface area contributed by atoms with E-state index >= 15 is 0 Å². The summed E-state index contributed by atoms with van der Waals surface area (Å²) in [6, 6.07) is 0. The van der Waals surface area contributed by atoms with Gasteiger partial charge in [0, 0.05) is 0 Å². The van der Waals surface area contributed by atoms with E-state index in [-0.39, 0.29) is 16.5 Å². The smallest absolute Gasteiger partial charge is 0.455 e. The zero-order chi connectivity index (χ0) is 8.20. The predicted octanol–water partition coefficient (Wildman–Crippen LogP) is 1.28. The fraction of sp³-hybridized carbons (Fsp3) is 0.400. The van der Waals surface area contributed by atoms with Gasteiger partial charge in [0.05, 0.1) is 0 Å². The molecule has 0 heterocycles. The monoisotopic (exact) mass is 212 g/mol. The molecular weight excluding hydrogens is 208 g/mol. The molecule has 11 heavy (non-hydrogen) atoms. The minimum atomic E-state index is -4.90. The molecule has 2 nitrogen and oxygen atoms in total. The van der Waals surface area contributed by atoms with Gasteiger partial charge >= 0.3 is 28.6 Å². The Morgan fingerprint density at radius 2 is 2.00 bits per heavy atom. The third kappa shape index (κ3) is 5.91. The van der Waals surface area contributed by atoms with E-state index in [1.165, 1.54) is 0 Å². The molecule has 0 fully saturated rings. The van der Waals surface area contributed by atoms with Crippen molar-refractivity contribution in [3.05, 3.63) is 12.7 Å². The fourth-order valence-corrected chi connectivity index (χ4v) is 0.216. The van der Waals surface area contributed by atoms with Crippen molar-refractivity contribution in [2.75, 3.05) is 6.61 Å². The molecule has 0 aliphatic rings. The Morgan fingerprint density at radius 1 is 1.55 bits per heavy atom. The summed E-state index contributed by atoms with van der Waals surface area (Å²) in [7, 11) is 0. The summed E-state index contributed by atoms with van der Waals surface area (Å²) < 4.78 is 37.5. The number of carbonyl (C=O) groups excluding carboxylic acids is 1. The van der Waals surface area contributed by atoms with Crippen molar-refractivity contribution in [2.45, 2.75) is 6.18 Å². The number of halogens is 3. The van der Waals surface area contributed by atoms with Crippen LogP contribution >= 0.6 is 0 Å². The van der Waals surface area contributed by atoms with Gasteiger partial charge in [-0.25, -0.2) is 4.79 Å². The van der Waals surface area contributed by atoms with E-state index in [0.717, 1.165) is 6.08 Å². The molecule has 0 atom stereocenters. The molecule has 0 aliphatic carbocycles. The Kier molecular flexibility index (Phi) is 6.18. The molecule has 0 aromatic heterocycles. The molecule has 0 radical (unpaired) electrons. The zero-order valence-corrected chi connectivity index (χ0v) is 6.25. The number of carbonyl (C=O) groups is 1. The van der Waals surface area contributed by atoms with Gasteiger partial charge in [-0.2, -0.15) is 13.2 Å². The van der Waals surface area contributed by atoms with Gasteiger partial charge in [-0.05, 0) is 0 Å². The molecule has 0 rings (SSSR count). The van der Waals surface area contributed by atoms with Crippen LogP contribution in [0.1, 0.15) is 0 Å². The molecule has 0 unspecified atom stereocenters. The van der Waals surface area contributed by atoms with Crippen molar-refractivity contribution in [1.82, 2.24) is 0 Å². The second-order valence-corrected chi connectivity index (χ2v) is 1.38. The average molecular weight is 213 g/mol. The summed E-state index contributed by atoms with van der Waals surface area (Å²) in [5, 5.41) is 0. The number of rotatable bonds is 2. The van der Waals surface area contributed by atoms with Crippen molar-refractivity contribution in [1.29, 1.82) is 0 Å². The molecule has 0 aromatic carbocycles. The first-order valence-electron chi connectivity index (χ1n) is 2.33. The Bertz CT molecular complexity index is 143. The van der Waals surface area contributed by atoms with Crippen LogP contribution in [0.4, 0.5) is 13.2 Å². The van der Waals surface area contributed by atoms with Crippen LogP contribution in [0.5, 0.6) is 0 Å². The van der Waals surface area contributed by atoms with Crippen LogP contribution in [0.2, 0.25) is 0 Å². The molecule has 0 N–H and O–H groups in total. The molecular formula is C5H5F3NiO2+2. The maximum atomic E-state index is 11.3. The van der Waals surface area contributed by atoms with Crippen LogP contribution in [0.15, 0.2) is 12.7 Å². The topological polar surface area (TPSA) is 26.3 Å². The number of ether oxygens (including phenoxy) is 1. The maximum absolute atomic E-state index is 11.3. The van der Waals surface area contributed by atoms with Crippen molar-refractivity contribution in [3.8, 4) is 0 Å². The van der Waals surface area contributed by atoms with Crippen molar-refractivity contribution in [3.63, 3.8) is 0 Å². The minimum Gasteiger partial charge on any atom is -0.455 e. The van der Waals surface area contributed by atoms with E-state index in [0.29, 0.717) is 0 Å². The SMILES string of the molecule is C=CCOC(=O)C(F)(F)F.[Ni+2]. The molecule has 0 aromatic rings. The van der Waals surface area contributed by atoms with Gasteiger partial charge in [-0.1, -0.05) is 12.7 Å². The number of hydrogen-bond acceptors (Lipinski definition) is 2. The summed E-state index contributed by atoms with van der Waals surface area (Å²) >= 11 is 0. The van der Waals surface area contributed by atoms with Gasteiger partial charge in [0.2, 0.25) is 0 Å². The van der Waals surface area contributed by atoms with Gasteiger partial charge in [0.25, 0.3) is 0 Å². The number of alkyl halides is 3. The van der Waals surface area contributed by atoms with Crippen molar-refractivity contribution < 1.29 is 39.2 Å². The average Bonchev–Trinajstić information content (AvgIpc) is 1.80. The van der Waals surface area contributed by atoms with Crippen LogP contribution in [0.3, 0.4) is 0 Å². The summed E-state index contributed by atoms with van der Waals surface area (Å²) in [6.07, 6.45) is -3.84. The number of esters is 1. The van der Waals surface area contributed by atoms with Crippen LogP contribution in [-0.4, -0.2) is 18.8 Å². The van der Waals surface area contributed by atoms with Crippen LogP contribution in [0.25, 0.3) is 0 Å². The Labute approximate surface area is 71.3 Å². The summed E-state index contributed by atoms with van der Waals surface area (Å²) in [4.78, 5) is 9.83. The summed E-state index contributed by atoms with van der Waals surface area (Å²) in [5.41, 5.74) is 0. The molecule has 0 saturated carbocycles. The molecule has 0 spiro atoms. The van der Waals surface area contributed by atoms with Crippen LogP contribution in [0, 0.1) is 0 Å². The van der Waals surface area contributed by atoms with E-state index in [2.05, 4.69) is 11.3 Å². The van der Waals surface area contributed by atoms with E-state index in [4.69, 9.17) is 0 Å². The first-order valence-corrected chi connectivity index (χ1v) is 2.33. The first kappa shape index (κ1) is 13.1. The predicted molar refractivity (Wildman–Crippen MR) is 27.2 cm³/mol. The van der Waals surface area contributed by atoms with E-state index in [9.17, 15) is 18.0 Å². The van der Waals surface area contributed by atoms with Crippen LogP contribution < -0.4 is 0 Å². The van der Waals surface area contributed by atoms with Gasteiger partial charge in [0.15, 0.2) is 0 Å². The van der Waals surface area contributed by atoms with E-state index < -0.39 is 18.8 Å². The van der Waals surface area contributed by atoms with Gasteiger partial charge in [-0.15, -0.1) is 0 Å². The van der Waals surface area contributed by atoms with Gasteiger partial charge in [0.1, 0.15) is 6.61 Å². The van der Waals surface area contributed by atoms with Crippen LogP contribution in [-0.2, 0) is 26.0 Å². The normalized spacial score (nSPS) is 9.73. The first-order chi connectivity index (χ1) is 4.48. The second-order valence-electron chi connectivity index (χ2n) is 1.38. The minimum absolute atomic E-state index is 0. The van der Waals surface area contributed by atoms with Gasteiger partial charge < -0.3 is 4.74 Å². The molecule has 0 saturated heterocycles. The largest absolute Gasteiger partial charge is 2.00 e. The molecule has 6 heteroatoms. The number of hydrogen-bond donors (Lipinski definition) is 0. The van der Waals surface area contributed by atoms with E-state index in [1.807, 2.05) is 0 Å². The van der Waals surface area contributed by atoms with Crippen molar-refractivity contribution >= 4 is 5.97 Å². The third-order valence-electron chi connectivity index (χ3n) is 0.564. The molecule has 0 bridgehead atoms. The second kappa shape index (κ2) is 5.18. The quantitative estimate of drug-likeness (QED) is 0.392. The van der Waals surface area contributed by atoms with Crippen molar-refractivity contribution in [2.24, 2.45) is 0 Å². The Hall–Kier alpha value is -0.506. The molecule has 0 aliphatic heterocycles. The molecule has 66 valence electrons. The summed E-state index contributed by atoms with van der Waals surface area (Å²) in [5.74, 6) is -2.19. The van der Waals surface area contributed by atoms with E-state index in [1.54, 1.807) is 0 Å². The standard InChI is InChI=1S/C5H5F3O2.Ni/c1-2-3-10-4(9)5(6,7)8;/h2H,1,3H2;/q;+2. The third-order valence-corrected chi connectivity index (χ3v) is 0.564. The zero-order valence-electron chi connectivity index (χ0n) is 5.26. The maximum Gasteiger partial charge on any atom is 2.00 e. The Balaban J connectivity index is 0.